The summed E-state index contributed by atoms with van der Waals surface area (Å²) in [4.78, 5) is 14.3. The fourth-order valence-electron chi connectivity index (χ4n) is 2.65. The smallest absolute Gasteiger partial charge is 0.277 e. The van der Waals surface area contributed by atoms with Crippen molar-refractivity contribution in [2.45, 2.75) is 18.2 Å². The standard InChI is InChI=1S/C19H22N4O3S/c1-13-15(9-10-25-13)18-21-22-19(26-18)27-12-17(24)20-11-16(23(2)3)14-7-5-4-6-8-14/h4-10,16H,11-12H2,1-3H3,(H,20,24)/t16-/m1/s1. The van der Waals surface area contributed by atoms with Crippen molar-refractivity contribution in [3.63, 3.8) is 0 Å². The number of hydrogen-bond acceptors (Lipinski definition) is 7. The van der Waals surface area contributed by atoms with Crippen molar-refractivity contribution in [3.05, 3.63) is 54.0 Å². The average molecular weight is 386 g/mol. The first-order valence-electron chi connectivity index (χ1n) is 8.53. The van der Waals surface area contributed by atoms with E-state index in [9.17, 15) is 4.79 Å². The zero-order chi connectivity index (χ0) is 19.2. The highest BCUT2D eigenvalue weighted by molar-refractivity contribution is 7.99. The van der Waals surface area contributed by atoms with Gasteiger partial charge in [-0.2, -0.15) is 0 Å². The first-order chi connectivity index (χ1) is 13.0. The van der Waals surface area contributed by atoms with Crippen LogP contribution >= 0.6 is 11.8 Å². The second-order valence-electron chi connectivity index (χ2n) is 6.25. The number of aromatic nitrogens is 2. The van der Waals surface area contributed by atoms with E-state index in [1.54, 1.807) is 12.3 Å². The van der Waals surface area contributed by atoms with Gasteiger partial charge in [0.2, 0.25) is 5.91 Å². The highest BCUT2D eigenvalue weighted by atomic mass is 32.2. The van der Waals surface area contributed by atoms with Gasteiger partial charge in [0.15, 0.2) is 0 Å². The predicted octanol–water partition coefficient (Wildman–Crippen LogP) is 3.15. The van der Waals surface area contributed by atoms with Gasteiger partial charge >= 0.3 is 0 Å². The molecule has 142 valence electrons. The lowest BCUT2D eigenvalue weighted by Gasteiger charge is -2.25. The molecule has 0 fully saturated rings. The molecule has 1 atom stereocenters. The van der Waals surface area contributed by atoms with Gasteiger partial charge in [0.1, 0.15) is 5.76 Å². The minimum atomic E-state index is -0.0815. The fraction of sp³-hybridized carbons (Fsp3) is 0.316. The Morgan fingerprint density at radius 2 is 2.00 bits per heavy atom. The van der Waals surface area contributed by atoms with Crippen LogP contribution in [0.5, 0.6) is 0 Å². The van der Waals surface area contributed by atoms with Crippen LogP contribution in [0.1, 0.15) is 17.4 Å². The van der Waals surface area contributed by atoms with Crippen molar-refractivity contribution in [1.29, 1.82) is 0 Å². The molecule has 0 aliphatic carbocycles. The van der Waals surface area contributed by atoms with Crippen LogP contribution in [-0.4, -0.2) is 47.4 Å². The molecule has 0 bridgehead atoms. The number of carbonyl (C=O) groups excluding carboxylic acids is 1. The van der Waals surface area contributed by atoms with Crippen molar-refractivity contribution >= 4 is 17.7 Å². The molecule has 3 aromatic rings. The Balaban J connectivity index is 1.51. The van der Waals surface area contributed by atoms with E-state index in [4.69, 9.17) is 8.83 Å². The zero-order valence-corrected chi connectivity index (χ0v) is 16.3. The molecule has 8 heteroatoms. The summed E-state index contributed by atoms with van der Waals surface area (Å²) in [5, 5.41) is 11.3. The van der Waals surface area contributed by atoms with Crippen LogP contribution in [-0.2, 0) is 4.79 Å². The topological polar surface area (TPSA) is 84.4 Å². The third kappa shape index (κ3) is 4.99. The largest absolute Gasteiger partial charge is 0.469 e. The monoisotopic (exact) mass is 386 g/mol. The van der Waals surface area contributed by atoms with Gasteiger partial charge in [-0.1, -0.05) is 42.1 Å². The van der Waals surface area contributed by atoms with E-state index in [-0.39, 0.29) is 17.7 Å². The van der Waals surface area contributed by atoms with Gasteiger partial charge in [0, 0.05) is 6.54 Å². The van der Waals surface area contributed by atoms with Crippen molar-refractivity contribution in [3.8, 4) is 11.5 Å². The van der Waals surface area contributed by atoms with E-state index in [0.29, 0.717) is 23.4 Å². The quantitative estimate of drug-likeness (QED) is 0.595. The lowest BCUT2D eigenvalue weighted by Crippen LogP contribution is -2.35. The summed E-state index contributed by atoms with van der Waals surface area (Å²) in [7, 11) is 3.99. The van der Waals surface area contributed by atoms with Gasteiger partial charge in [-0.15, -0.1) is 10.2 Å². The van der Waals surface area contributed by atoms with Gasteiger partial charge in [-0.05, 0) is 32.6 Å². The number of aryl methyl sites for hydroxylation is 1. The molecular weight excluding hydrogens is 364 g/mol. The number of hydrogen-bond donors (Lipinski definition) is 1. The van der Waals surface area contributed by atoms with Gasteiger partial charge in [-0.25, -0.2) is 0 Å². The summed E-state index contributed by atoms with van der Waals surface area (Å²) in [5.74, 6) is 1.23. The SMILES string of the molecule is Cc1occc1-c1nnc(SCC(=O)NC[C@H](c2ccccc2)N(C)C)o1. The maximum Gasteiger partial charge on any atom is 0.277 e. The van der Waals surface area contributed by atoms with Crippen molar-refractivity contribution in [1.82, 2.24) is 20.4 Å². The molecule has 0 saturated heterocycles. The first kappa shape index (κ1) is 19.2. The minimum Gasteiger partial charge on any atom is -0.469 e. The Morgan fingerprint density at radius 1 is 1.22 bits per heavy atom. The molecule has 1 aromatic carbocycles. The molecule has 0 aliphatic heterocycles. The Hall–Kier alpha value is -2.58. The number of benzene rings is 1. The number of carbonyl (C=O) groups is 1. The number of furan rings is 1. The number of thioether (sulfide) groups is 1. The van der Waals surface area contributed by atoms with Gasteiger partial charge < -0.3 is 19.1 Å². The third-order valence-electron chi connectivity index (χ3n) is 4.12. The van der Waals surface area contributed by atoms with Crippen LogP contribution < -0.4 is 5.32 Å². The second-order valence-corrected chi connectivity index (χ2v) is 7.17. The maximum atomic E-state index is 12.2. The second kappa shape index (κ2) is 8.88. The van der Waals surface area contributed by atoms with Crippen molar-refractivity contribution < 1.29 is 13.6 Å². The lowest BCUT2D eigenvalue weighted by atomic mass is 10.1. The van der Waals surface area contributed by atoms with Crippen LogP contribution in [0.15, 0.2) is 56.7 Å². The van der Waals surface area contributed by atoms with Gasteiger partial charge in [-0.3, -0.25) is 4.79 Å². The first-order valence-corrected chi connectivity index (χ1v) is 9.52. The normalized spacial score (nSPS) is 12.3. The molecule has 0 aliphatic rings. The molecule has 2 heterocycles. The van der Waals surface area contributed by atoms with Crippen LogP contribution in [0.2, 0.25) is 0 Å². The zero-order valence-electron chi connectivity index (χ0n) is 15.5. The van der Waals surface area contributed by atoms with E-state index >= 15 is 0 Å². The average Bonchev–Trinajstić information content (AvgIpc) is 3.29. The molecule has 1 amide bonds. The van der Waals surface area contributed by atoms with E-state index in [1.165, 1.54) is 11.8 Å². The molecule has 0 saturated carbocycles. The Labute approximate surface area is 162 Å². The molecule has 27 heavy (non-hydrogen) atoms. The number of likely N-dealkylation sites (N-methyl/N-ethyl adjacent to an activating group) is 1. The van der Waals surface area contributed by atoms with Crippen LogP contribution in [0, 0.1) is 6.92 Å². The molecular formula is C19H22N4O3S. The molecule has 0 unspecified atom stereocenters. The molecule has 3 rings (SSSR count). The summed E-state index contributed by atoms with van der Waals surface area (Å²) in [6.07, 6.45) is 1.57. The van der Waals surface area contributed by atoms with Crippen LogP contribution in [0.3, 0.4) is 0 Å². The summed E-state index contributed by atoms with van der Waals surface area (Å²) in [5.41, 5.74) is 1.92. The van der Waals surface area contributed by atoms with E-state index < -0.39 is 0 Å². The lowest BCUT2D eigenvalue weighted by molar-refractivity contribution is -0.118. The van der Waals surface area contributed by atoms with Crippen molar-refractivity contribution in [2.24, 2.45) is 0 Å². The Morgan fingerprint density at radius 3 is 2.67 bits per heavy atom. The molecule has 0 radical (unpaired) electrons. The van der Waals surface area contributed by atoms with E-state index in [0.717, 1.165) is 11.1 Å². The maximum absolute atomic E-state index is 12.2. The van der Waals surface area contributed by atoms with Gasteiger partial charge in [0.25, 0.3) is 11.1 Å². The van der Waals surface area contributed by atoms with Crippen LogP contribution in [0.25, 0.3) is 11.5 Å². The minimum absolute atomic E-state index is 0.0815. The van der Waals surface area contributed by atoms with Crippen LogP contribution in [0.4, 0.5) is 0 Å². The highest BCUT2D eigenvalue weighted by Crippen LogP contribution is 2.26. The number of nitrogens with zero attached hydrogens (tertiary/aromatic N) is 3. The Kier molecular flexibility index (Phi) is 6.31. The number of nitrogens with one attached hydrogen (secondary N) is 1. The molecule has 2 aromatic heterocycles. The Bertz CT molecular complexity index is 876. The molecule has 7 nitrogen and oxygen atoms in total. The number of amides is 1. The summed E-state index contributed by atoms with van der Waals surface area (Å²) in [6.45, 7) is 2.35. The molecule has 0 spiro atoms. The third-order valence-corrected chi connectivity index (χ3v) is 4.94. The van der Waals surface area contributed by atoms with E-state index in [1.807, 2.05) is 39.2 Å². The van der Waals surface area contributed by atoms with Crippen molar-refractivity contribution in [2.75, 3.05) is 26.4 Å². The summed E-state index contributed by atoms with van der Waals surface area (Å²) < 4.78 is 10.8. The number of rotatable bonds is 8. The molecule has 1 N–H and O–H groups in total. The highest BCUT2D eigenvalue weighted by Gasteiger charge is 2.17. The summed E-state index contributed by atoms with van der Waals surface area (Å²) in [6, 6.07) is 12.0. The summed E-state index contributed by atoms with van der Waals surface area (Å²) >= 11 is 1.21. The fourth-order valence-corrected chi connectivity index (χ4v) is 3.24. The predicted molar refractivity (Wildman–Crippen MR) is 103 cm³/mol. The van der Waals surface area contributed by atoms with E-state index in [2.05, 4.69) is 32.5 Å². The van der Waals surface area contributed by atoms with Gasteiger partial charge in [0.05, 0.1) is 23.6 Å².